The predicted octanol–water partition coefficient (Wildman–Crippen LogP) is 4.48. The summed E-state index contributed by atoms with van der Waals surface area (Å²) >= 11 is 0. The molecule has 0 saturated heterocycles. The van der Waals surface area contributed by atoms with Crippen LogP contribution in [0.5, 0.6) is 0 Å². The van der Waals surface area contributed by atoms with Gasteiger partial charge in [0.25, 0.3) is 0 Å². The Kier molecular flexibility index (Phi) is 5.89. The van der Waals surface area contributed by atoms with Crippen LogP contribution in [-0.2, 0) is 17.8 Å². The third kappa shape index (κ3) is 4.72. The van der Waals surface area contributed by atoms with Gasteiger partial charge in [0.2, 0.25) is 5.91 Å². The van der Waals surface area contributed by atoms with Crippen LogP contribution in [0.15, 0.2) is 60.7 Å². The van der Waals surface area contributed by atoms with Crippen molar-refractivity contribution < 1.29 is 4.79 Å². The summed E-state index contributed by atoms with van der Waals surface area (Å²) in [4.78, 5) is 12.0. The van der Waals surface area contributed by atoms with Gasteiger partial charge >= 0.3 is 0 Å². The van der Waals surface area contributed by atoms with E-state index in [0.29, 0.717) is 6.42 Å². The normalized spacial score (nSPS) is 10.9. The van der Waals surface area contributed by atoms with Crippen LogP contribution in [0, 0.1) is 6.92 Å². The number of nitrogens with one attached hydrogen (secondary N) is 1. The van der Waals surface area contributed by atoms with Crippen molar-refractivity contribution in [2.45, 2.75) is 39.2 Å². The van der Waals surface area contributed by atoms with E-state index >= 15 is 0 Å². The number of fused-ring (bicyclic) bond motifs is 1. The molecule has 0 unspecified atom stereocenters. The molecule has 0 atom stereocenters. The molecule has 1 amide bonds. The van der Waals surface area contributed by atoms with Crippen molar-refractivity contribution >= 4 is 16.8 Å². The van der Waals surface area contributed by atoms with Gasteiger partial charge in [-0.05, 0) is 49.3 Å². The van der Waals surface area contributed by atoms with E-state index in [1.807, 2.05) is 18.2 Å². The van der Waals surface area contributed by atoms with Gasteiger partial charge in [-0.3, -0.25) is 4.79 Å². The van der Waals surface area contributed by atoms with Crippen molar-refractivity contribution in [2.24, 2.45) is 0 Å². The predicted molar refractivity (Wildman–Crippen MR) is 104 cm³/mol. The summed E-state index contributed by atoms with van der Waals surface area (Å²) < 4.78 is 2.33. The molecule has 2 aromatic carbocycles. The third-order valence-electron chi connectivity index (χ3n) is 4.61. The lowest BCUT2D eigenvalue weighted by atomic mass is 10.1. The fraction of sp³-hybridized carbons (Fsp3) is 0.318. The molecule has 3 heteroatoms. The lowest BCUT2D eigenvalue weighted by Crippen LogP contribution is -2.25. The van der Waals surface area contributed by atoms with Crippen molar-refractivity contribution in [3.8, 4) is 0 Å². The van der Waals surface area contributed by atoms with Crippen molar-refractivity contribution in [2.75, 3.05) is 6.54 Å². The van der Waals surface area contributed by atoms with Gasteiger partial charge in [-0.1, -0.05) is 48.5 Å². The number of rotatable bonds is 8. The summed E-state index contributed by atoms with van der Waals surface area (Å²) in [6.45, 7) is 3.81. The standard InChI is InChI=1S/C22H26N2O/c1-18-17-20-12-5-6-13-21(20)24(18)16-8-15-23-22(25)14-7-11-19-9-3-2-4-10-19/h2-6,9-10,12-13,17H,7-8,11,14-16H2,1H3,(H,23,25). The minimum atomic E-state index is 0.157. The Morgan fingerprint density at radius 2 is 1.76 bits per heavy atom. The topological polar surface area (TPSA) is 34.0 Å². The number of amides is 1. The first kappa shape index (κ1) is 17.3. The van der Waals surface area contributed by atoms with Crippen LogP contribution in [0.25, 0.3) is 10.9 Å². The quantitative estimate of drug-likeness (QED) is 0.606. The average Bonchev–Trinajstić information content (AvgIpc) is 2.95. The molecule has 0 saturated carbocycles. The van der Waals surface area contributed by atoms with Crippen LogP contribution < -0.4 is 5.32 Å². The lowest BCUT2D eigenvalue weighted by molar-refractivity contribution is -0.121. The summed E-state index contributed by atoms with van der Waals surface area (Å²) in [6, 6.07) is 21.0. The molecule has 0 aliphatic rings. The van der Waals surface area contributed by atoms with Crippen molar-refractivity contribution in [1.29, 1.82) is 0 Å². The monoisotopic (exact) mass is 334 g/mol. The average molecular weight is 334 g/mol. The van der Waals surface area contributed by atoms with Gasteiger partial charge in [-0.25, -0.2) is 0 Å². The van der Waals surface area contributed by atoms with E-state index in [1.54, 1.807) is 0 Å². The minimum absolute atomic E-state index is 0.157. The molecule has 0 aliphatic heterocycles. The molecule has 1 aromatic heterocycles. The number of nitrogens with zero attached hydrogens (tertiary/aromatic N) is 1. The molecular weight excluding hydrogens is 308 g/mol. The third-order valence-corrected chi connectivity index (χ3v) is 4.61. The maximum atomic E-state index is 12.0. The van der Waals surface area contributed by atoms with Crippen LogP contribution in [0.2, 0.25) is 0 Å². The Morgan fingerprint density at radius 1 is 1.00 bits per heavy atom. The first-order chi connectivity index (χ1) is 12.2. The first-order valence-electron chi connectivity index (χ1n) is 9.09. The molecule has 0 radical (unpaired) electrons. The highest BCUT2D eigenvalue weighted by Crippen LogP contribution is 2.19. The first-order valence-corrected chi connectivity index (χ1v) is 9.09. The number of aromatic nitrogens is 1. The van der Waals surface area contributed by atoms with Crippen molar-refractivity contribution in [3.05, 3.63) is 71.9 Å². The summed E-state index contributed by atoms with van der Waals surface area (Å²) in [5, 5.41) is 4.33. The Labute approximate surface area is 149 Å². The molecule has 0 bridgehead atoms. The highest BCUT2D eigenvalue weighted by Gasteiger charge is 2.05. The number of para-hydroxylation sites is 1. The van der Waals surface area contributed by atoms with Gasteiger partial charge in [0.15, 0.2) is 0 Å². The molecule has 1 heterocycles. The van der Waals surface area contributed by atoms with Crippen LogP contribution >= 0.6 is 0 Å². The van der Waals surface area contributed by atoms with Crippen LogP contribution in [0.4, 0.5) is 0 Å². The van der Waals surface area contributed by atoms with Gasteiger partial charge in [-0.2, -0.15) is 0 Å². The van der Waals surface area contributed by atoms with E-state index in [-0.39, 0.29) is 5.91 Å². The Balaban J connectivity index is 1.38. The fourth-order valence-corrected chi connectivity index (χ4v) is 3.30. The molecule has 25 heavy (non-hydrogen) atoms. The second kappa shape index (κ2) is 8.52. The summed E-state index contributed by atoms with van der Waals surface area (Å²) in [5.41, 5.74) is 3.84. The Morgan fingerprint density at radius 3 is 2.60 bits per heavy atom. The maximum absolute atomic E-state index is 12.0. The zero-order chi connectivity index (χ0) is 17.5. The maximum Gasteiger partial charge on any atom is 0.220 e. The SMILES string of the molecule is Cc1cc2ccccc2n1CCCNC(=O)CCCc1ccccc1. The molecule has 0 aliphatic carbocycles. The molecule has 3 aromatic rings. The van der Waals surface area contributed by atoms with Gasteiger partial charge in [-0.15, -0.1) is 0 Å². The van der Waals surface area contributed by atoms with Gasteiger partial charge in [0.1, 0.15) is 0 Å². The molecular formula is C22H26N2O. The number of hydrogen-bond donors (Lipinski definition) is 1. The highest BCUT2D eigenvalue weighted by atomic mass is 16.1. The summed E-state index contributed by atoms with van der Waals surface area (Å²) in [7, 11) is 0. The van der Waals surface area contributed by atoms with Crippen molar-refractivity contribution in [3.63, 3.8) is 0 Å². The van der Waals surface area contributed by atoms with Crippen LogP contribution in [0.1, 0.15) is 30.5 Å². The van der Waals surface area contributed by atoms with Gasteiger partial charge in [0, 0.05) is 30.7 Å². The fourth-order valence-electron chi connectivity index (χ4n) is 3.30. The highest BCUT2D eigenvalue weighted by molar-refractivity contribution is 5.81. The number of benzene rings is 2. The van der Waals surface area contributed by atoms with E-state index < -0.39 is 0 Å². The lowest BCUT2D eigenvalue weighted by Gasteiger charge is -2.09. The zero-order valence-electron chi connectivity index (χ0n) is 14.9. The summed E-state index contributed by atoms with van der Waals surface area (Å²) in [5.74, 6) is 0.157. The molecule has 1 N–H and O–H groups in total. The van der Waals surface area contributed by atoms with E-state index in [1.165, 1.54) is 22.2 Å². The zero-order valence-corrected chi connectivity index (χ0v) is 14.9. The van der Waals surface area contributed by atoms with Gasteiger partial charge < -0.3 is 9.88 Å². The number of carbonyl (C=O) groups excluding carboxylic acids is 1. The largest absolute Gasteiger partial charge is 0.356 e. The Bertz CT molecular complexity index is 820. The van der Waals surface area contributed by atoms with Crippen LogP contribution in [-0.4, -0.2) is 17.0 Å². The molecule has 130 valence electrons. The molecule has 3 nitrogen and oxygen atoms in total. The number of carbonyl (C=O) groups is 1. The van der Waals surface area contributed by atoms with E-state index in [0.717, 1.165) is 32.4 Å². The molecule has 3 rings (SSSR count). The second-order valence-corrected chi connectivity index (χ2v) is 6.54. The van der Waals surface area contributed by atoms with Crippen molar-refractivity contribution in [1.82, 2.24) is 9.88 Å². The Hall–Kier alpha value is -2.55. The minimum Gasteiger partial charge on any atom is -0.356 e. The second-order valence-electron chi connectivity index (χ2n) is 6.54. The van der Waals surface area contributed by atoms with E-state index in [9.17, 15) is 4.79 Å². The van der Waals surface area contributed by atoms with Gasteiger partial charge in [0.05, 0.1) is 0 Å². The van der Waals surface area contributed by atoms with Crippen LogP contribution in [0.3, 0.4) is 0 Å². The molecule has 0 fully saturated rings. The number of aryl methyl sites for hydroxylation is 3. The smallest absolute Gasteiger partial charge is 0.220 e. The van der Waals surface area contributed by atoms with E-state index in [2.05, 4.69) is 59.3 Å². The molecule has 0 spiro atoms. The number of hydrogen-bond acceptors (Lipinski definition) is 1. The van der Waals surface area contributed by atoms with E-state index in [4.69, 9.17) is 0 Å². The summed E-state index contributed by atoms with van der Waals surface area (Å²) in [6.07, 6.45) is 3.41.